The summed E-state index contributed by atoms with van der Waals surface area (Å²) in [6.07, 6.45) is 4.89. The smallest absolute Gasteiger partial charge is 0.234 e. The highest BCUT2D eigenvalue weighted by Crippen LogP contribution is 2.19. The maximum atomic E-state index is 12.3. The van der Waals surface area contributed by atoms with Crippen molar-refractivity contribution >= 4 is 11.8 Å². The zero-order valence-corrected chi connectivity index (χ0v) is 13.9. The summed E-state index contributed by atoms with van der Waals surface area (Å²) in [6, 6.07) is 0. The molecule has 0 aliphatic carbocycles. The van der Waals surface area contributed by atoms with Gasteiger partial charge >= 0.3 is 0 Å². The van der Waals surface area contributed by atoms with Gasteiger partial charge in [-0.25, -0.2) is 0 Å². The number of carbonyl (C=O) groups excluding carboxylic acids is 2. The predicted molar refractivity (Wildman–Crippen MR) is 85.0 cm³/mol. The van der Waals surface area contributed by atoms with Crippen LogP contribution in [0.15, 0.2) is 0 Å². The minimum absolute atomic E-state index is 0.0988. The Morgan fingerprint density at radius 2 is 1.86 bits per heavy atom. The van der Waals surface area contributed by atoms with E-state index in [1.807, 2.05) is 18.9 Å². The van der Waals surface area contributed by atoms with Crippen molar-refractivity contribution in [2.45, 2.75) is 46.0 Å². The molecule has 2 amide bonds. The molecule has 1 aliphatic heterocycles. The number of unbranched alkanes of at least 4 members (excludes halogenated alkanes) is 1. The van der Waals surface area contributed by atoms with Crippen LogP contribution >= 0.6 is 0 Å². The minimum atomic E-state index is 0.0988. The monoisotopic (exact) mass is 297 g/mol. The quantitative estimate of drug-likeness (QED) is 0.738. The van der Waals surface area contributed by atoms with Gasteiger partial charge < -0.3 is 10.2 Å². The molecule has 0 aromatic carbocycles. The van der Waals surface area contributed by atoms with E-state index in [1.165, 1.54) is 0 Å². The fourth-order valence-electron chi connectivity index (χ4n) is 2.68. The molecule has 0 unspecified atom stereocenters. The maximum Gasteiger partial charge on any atom is 0.234 e. The summed E-state index contributed by atoms with van der Waals surface area (Å²) < 4.78 is 0. The molecular weight excluding hydrogens is 266 g/mol. The first-order valence-electron chi connectivity index (χ1n) is 8.32. The van der Waals surface area contributed by atoms with Gasteiger partial charge in [0.1, 0.15) is 0 Å². The zero-order valence-electron chi connectivity index (χ0n) is 13.9. The number of piperidine rings is 1. The topological polar surface area (TPSA) is 52.7 Å². The summed E-state index contributed by atoms with van der Waals surface area (Å²) in [5.74, 6) is 0.516. The van der Waals surface area contributed by atoms with Crippen molar-refractivity contribution < 1.29 is 9.59 Å². The first-order chi connectivity index (χ1) is 10.1. The van der Waals surface area contributed by atoms with Crippen LogP contribution in [0.5, 0.6) is 0 Å². The summed E-state index contributed by atoms with van der Waals surface area (Å²) in [5.41, 5.74) is 0. The molecule has 0 aromatic heterocycles. The summed E-state index contributed by atoms with van der Waals surface area (Å²) in [6.45, 7) is 7.94. The van der Waals surface area contributed by atoms with Gasteiger partial charge in [-0.1, -0.05) is 20.3 Å². The third-order valence-electron chi connectivity index (χ3n) is 4.10. The number of nitrogens with one attached hydrogen (secondary N) is 1. The predicted octanol–water partition coefficient (Wildman–Crippen LogP) is 1.48. The largest absolute Gasteiger partial charge is 0.355 e. The first kappa shape index (κ1) is 18.0. The van der Waals surface area contributed by atoms with Gasteiger partial charge in [0.25, 0.3) is 0 Å². The fourth-order valence-corrected chi connectivity index (χ4v) is 2.68. The molecular formula is C16H31N3O2. The summed E-state index contributed by atoms with van der Waals surface area (Å²) in [7, 11) is 1.91. The Hall–Kier alpha value is -1.10. The fraction of sp³-hybridized carbons (Fsp3) is 0.875. The molecule has 1 saturated heterocycles. The molecule has 1 heterocycles. The third-order valence-corrected chi connectivity index (χ3v) is 4.10. The van der Waals surface area contributed by atoms with E-state index >= 15 is 0 Å². The van der Waals surface area contributed by atoms with E-state index in [0.717, 1.165) is 58.3 Å². The van der Waals surface area contributed by atoms with E-state index in [-0.39, 0.29) is 17.7 Å². The molecule has 1 rings (SSSR count). The average molecular weight is 297 g/mol. The van der Waals surface area contributed by atoms with Gasteiger partial charge in [0.15, 0.2) is 0 Å². The van der Waals surface area contributed by atoms with Crippen molar-refractivity contribution in [1.29, 1.82) is 0 Å². The molecule has 5 heteroatoms. The number of carbonyl (C=O) groups is 2. The molecule has 0 saturated carbocycles. The minimum Gasteiger partial charge on any atom is -0.355 e. The highest BCUT2D eigenvalue weighted by molar-refractivity contribution is 5.79. The maximum absolute atomic E-state index is 12.3. The number of hydrogen-bond acceptors (Lipinski definition) is 3. The molecule has 21 heavy (non-hydrogen) atoms. The molecule has 122 valence electrons. The highest BCUT2D eigenvalue weighted by Gasteiger charge is 2.27. The summed E-state index contributed by atoms with van der Waals surface area (Å²) in [4.78, 5) is 28.0. The Morgan fingerprint density at radius 1 is 1.19 bits per heavy atom. The third kappa shape index (κ3) is 6.46. The lowest BCUT2D eigenvalue weighted by Crippen LogP contribution is -2.45. The van der Waals surface area contributed by atoms with Crippen molar-refractivity contribution in [2.75, 3.05) is 39.8 Å². The molecule has 1 N–H and O–H groups in total. The van der Waals surface area contributed by atoms with Crippen LogP contribution in [0, 0.1) is 5.92 Å². The van der Waals surface area contributed by atoms with Crippen LogP contribution in [0.4, 0.5) is 0 Å². The second-order valence-electron chi connectivity index (χ2n) is 6.01. The van der Waals surface area contributed by atoms with E-state index in [1.54, 1.807) is 0 Å². The standard InChI is InChI=1S/C16H31N3O2/c1-4-6-10-18(3)16(21)14-7-11-19(12-8-14)13-15(20)17-9-5-2/h14H,4-13H2,1-3H3,(H,17,20). The molecule has 0 radical (unpaired) electrons. The molecule has 1 aliphatic rings. The second kappa shape index (κ2) is 9.77. The van der Waals surface area contributed by atoms with E-state index < -0.39 is 0 Å². The lowest BCUT2D eigenvalue weighted by molar-refractivity contribution is -0.135. The lowest BCUT2D eigenvalue weighted by Gasteiger charge is -2.32. The summed E-state index contributed by atoms with van der Waals surface area (Å²) in [5, 5.41) is 2.90. The van der Waals surface area contributed by atoms with Crippen LogP contribution in [-0.2, 0) is 9.59 Å². The molecule has 0 bridgehead atoms. The van der Waals surface area contributed by atoms with Gasteiger partial charge in [0.05, 0.1) is 6.54 Å². The van der Waals surface area contributed by atoms with Gasteiger partial charge in [-0.2, -0.15) is 0 Å². The second-order valence-corrected chi connectivity index (χ2v) is 6.01. The molecule has 0 atom stereocenters. The van der Waals surface area contributed by atoms with Crippen molar-refractivity contribution in [3.8, 4) is 0 Å². The van der Waals surface area contributed by atoms with Crippen LogP contribution in [0.25, 0.3) is 0 Å². The van der Waals surface area contributed by atoms with Crippen LogP contribution in [0.1, 0.15) is 46.0 Å². The SMILES string of the molecule is CCCCN(C)C(=O)C1CCN(CC(=O)NCCC)CC1. The molecule has 1 fully saturated rings. The lowest BCUT2D eigenvalue weighted by atomic mass is 9.95. The number of amides is 2. The van der Waals surface area contributed by atoms with Crippen LogP contribution in [0.2, 0.25) is 0 Å². The Kier molecular flexibility index (Phi) is 8.35. The number of nitrogens with zero attached hydrogens (tertiary/aromatic N) is 2. The van der Waals surface area contributed by atoms with Gasteiger partial charge in [-0.05, 0) is 38.8 Å². The Morgan fingerprint density at radius 3 is 2.43 bits per heavy atom. The van der Waals surface area contributed by atoms with E-state index in [9.17, 15) is 9.59 Å². The Bertz CT molecular complexity index is 325. The Labute approximate surface area is 129 Å². The highest BCUT2D eigenvalue weighted by atomic mass is 16.2. The molecule has 5 nitrogen and oxygen atoms in total. The normalized spacial score (nSPS) is 16.7. The number of rotatable bonds is 8. The van der Waals surface area contributed by atoms with Gasteiger partial charge in [0.2, 0.25) is 11.8 Å². The van der Waals surface area contributed by atoms with E-state index in [2.05, 4.69) is 17.1 Å². The zero-order chi connectivity index (χ0) is 15.7. The number of hydrogen-bond donors (Lipinski definition) is 1. The van der Waals surface area contributed by atoms with Crippen LogP contribution in [0.3, 0.4) is 0 Å². The Balaban J connectivity index is 2.28. The molecule has 0 spiro atoms. The van der Waals surface area contributed by atoms with Crippen LogP contribution < -0.4 is 5.32 Å². The molecule has 0 aromatic rings. The van der Waals surface area contributed by atoms with Gasteiger partial charge in [-0.3, -0.25) is 14.5 Å². The van der Waals surface area contributed by atoms with E-state index in [4.69, 9.17) is 0 Å². The van der Waals surface area contributed by atoms with Crippen molar-refractivity contribution in [2.24, 2.45) is 5.92 Å². The number of likely N-dealkylation sites (tertiary alicyclic amines) is 1. The average Bonchev–Trinajstić information content (AvgIpc) is 2.50. The first-order valence-corrected chi connectivity index (χ1v) is 8.32. The summed E-state index contributed by atoms with van der Waals surface area (Å²) >= 11 is 0. The van der Waals surface area contributed by atoms with Gasteiger partial charge in [-0.15, -0.1) is 0 Å². The van der Waals surface area contributed by atoms with Crippen molar-refractivity contribution in [3.63, 3.8) is 0 Å². The van der Waals surface area contributed by atoms with E-state index in [0.29, 0.717) is 6.54 Å². The van der Waals surface area contributed by atoms with Crippen molar-refractivity contribution in [3.05, 3.63) is 0 Å². The van der Waals surface area contributed by atoms with Gasteiger partial charge in [0, 0.05) is 26.1 Å². The van der Waals surface area contributed by atoms with Crippen LogP contribution in [-0.4, -0.2) is 61.4 Å². The van der Waals surface area contributed by atoms with Crippen molar-refractivity contribution in [1.82, 2.24) is 15.1 Å².